The summed E-state index contributed by atoms with van der Waals surface area (Å²) in [6.07, 6.45) is -6.62. The van der Waals surface area contributed by atoms with Crippen LogP contribution >= 0.6 is 0 Å². The SMILES string of the molecule is C[C@@H](OC(C)(C)C)[C@H](NC(=O)c1ccc2ccccc2c1OCc1ccc(C(F)(F)C(F)(F)F)cc1)C(=O)O. The fourth-order valence-corrected chi connectivity index (χ4v) is 3.93. The molecule has 2 atom stereocenters. The third kappa shape index (κ3) is 7.03. The van der Waals surface area contributed by atoms with E-state index >= 15 is 0 Å². The highest BCUT2D eigenvalue weighted by atomic mass is 19.4. The molecule has 1 amide bonds. The van der Waals surface area contributed by atoms with E-state index in [9.17, 15) is 36.6 Å². The number of halogens is 5. The highest BCUT2D eigenvalue weighted by Crippen LogP contribution is 2.43. The van der Waals surface area contributed by atoms with Crippen molar-refractivity contribution in [2.45, 2.75) is 64.1 Å². The van der Waals surface area contributed by atoms with E-state index in [1.807, 2.05) is 0 Å². The lowest BCUT2D eigenvalue weighted by Crippen LogP contribution is -2.50. The van der Waals surface area contributed by atoms with Gasteiger partial charge >= 0.3 is 18.1 Å². The third-order valence-electron chi connectivity index (χ3n) is 5.74. The first-order chi connectivity index (χ1) is 18.0. The Kier molecular flexibility index (Phi) is 8.54. The number of rotatable bonds is 9. The Bertz CT molecular complexity index is 1330. The van der Waals surface area contributed by atoms with Crippen LogP contribution in [0.2, 0.25) is 0 Å². The van der Waals surface area contributed by atoms with Crippen LogP contribution in [-0.4, -0.2) is 40.9 Å². The number of alkyl halides is 5. The van der Waals surface area contributed by atoms with Crippen molar-refractivity contribution in [3.05, 3.63) is 77.4 Å². The summed E-state index contributed by atoms with van der Waals surface area (Å²) in [5, 5.41) is 13.4. The smallest absolute Gasteiger partial charge is 0.458 e. The molecule has 0 spiro atoms. The molecule has 0 heterocycles. The number of carboxylic acid groups (broad SMARTS) is 1. The van der Waals surface area contributed by atoms with Crippen molar-refractivity contribution in [2.75, 3.05) is 0 Å². The fourth-order valence-electron chi connectivity index (χ4n) is 3.93. The molecule has 0 radical (unpaired) electrons. The average molecular weight is 554 g/mol. The van der Waals surface area contributed by atoms with Crippen LogP contribution < -0.4 is 10.1 Å². The van der Waals surface area contributed by atoms with Gasteiger partial charge in [-0.25, -0.2) is 4.79 Å². The first-order valence-corrected chi connectivity index (χ1v) is 11.9. The van der Waals surface area contributed by atoms with E-state index < -0.39 is 47.3 Å². The zero-order valence-electron chi connectivity index (χ0n) is 21.6. The summed E-state index contributed by atoms with van der Waals surface area (Å²) in [6, 6.07) is 12.1. The van der Waals surface area contributed by atoms with E-state index in [2.05, 4.69) is 5.32 Å². The van der Waals surface area contributed by atoms with E-state index in [1.54, 1.807) is 51.1 Å². The van der Waals surface area contributed by atoms with Gasteiger partial charge in [-0.1, -0.05) is 54.6 Å². The van der Waals surface area contributed by atoms with Crippen molar-refractivity contribution in [3.8, 4) is 5.75 Å². The number of hydrogen-bond donors (Lipinski definition) is 2. The van der Waals surface area contributed by atoms with Gasteiger partial charge < -0.3 is 19.9 Å². The molecule has 3 rings (SSSR count). The largest absolute Gasteiger partial charge is 0.487 e. The molecule has 3 aromatic rings. The Morgan fingerprint density at radius 3 is 2.10 bits per heavy atom. The predicted octanol–water partition coefficient (Wildman–Crippen LogP) is 6.46. The molecule has 0 aliphatic rings. The molecule has 0 saturated carbocycles. The highest BCUT2D eigenvalue weighted by Gasteiger charge is 2.58. The van der Waals surface area contributed by atoms with E-state index in [-0.39, 0.29) is 23.5 Å². The Morgan fingerprint density at radius 2 is 1.54 bits per heavy atom. The first kappa shape index (κ1) is 29.8. The first-order valence-electron chi connectivity index (χ1n) is 11.9. The molecule has 0 saturated heterocycles. The number of benzene rings is 3. The number of fused-ring (bicyclic) bond motifs is 1. The van der Waals surface area contributed by atoms with Crippen molar-refractivity contribution < 1.29 is 46.1 Å². The summed E-state index contributed by atoms with van der Waals surface area (Å²) in [4.78, 5) is 25.2. The summed E-state index contributed by atoms with van der Waals surface area (Å²) < 4.78 is 76.8. The molecule has 0 unspecified atom stereocenters. The van der Waals surface area contributed by atoms with Crippen molar-refractivity contribution in [1.82, 2.24) is 5.32 Å². The summed E-state index contributed by atoms with van der Waals surface area (Å²) in [7, 11) is 0. The molecule has 0 fully saturated rings. The van der Waals surface area contributed by atoms with E-state index in [0.717, 1.165) is 12.1 Å². The van der Waals surface area contributed by atoms with Gasteiger partial charge in [-0.15, -0.1) is 0 Å². The van der Waals surface area contributed by atoms with Crippen molar-refractivity contribution >= 4 is 22.6 Å². The summed E-state index contributed by atoms with van der Waals surface area (Å²) in [6.45, 7) is 6.50. The van der Waals surface area contributed by atoms with Gasteiger partial charge in [0.2, 0.25) is 0 Å². The maximum atomic E-state index is 13.6. The second-order valence-corrected chi connectivity index (χ2v) is 9.95. The number of ether oxygens (including phenoxy) is 2. The second kappa shape index (κ2) is 11.2. The highest BCUT2D eigenvalue weighted by molar-refractivity contribution is 6.04. The Hall–Kier alpha value is -3.73. The van der Waals surface area contributed by atoms with Crippen molar-refractivity contribution in [1.29, 1.82) is 0 Å². The number of carbonyl (C=O) groups is 2. The third-order valence-corrected chi connectivity index (χ3v) is 5.74. The monoisotopic (exact) mass is 553 g/mol. The standard InChI is InChI=1S/C28H28F5NO5/c1-16(39-26(2,3)4)22(25(36)37)34-24(35)21-14-11-18-7-5-6-8-20(18)23(21)38-15-17-9-12-19(13-10-17)27(29,30)28(31,32)33/h5-14,16,22H,15H2,1-4H3,(H,34,35)(H,36,37)/t16-,22+/m1/s1. The minimum atomic E-state index is -5.74. The molecule has 3 aromatic carbocycles. The molecule has 0 aliphatic carbocycles. The molecule has 210 valence electrons. The fraction of sp³-hybridized carbons (Fsp3) is 0.357. The molecule has 0 aliphatic heterocycles. The quantitative estimate of drug-likeness (QED) is 0.297. The zero-order valence-corrected chi connectivity index (χ0v) is 21.6. The van der Waals surface area contributed by atoms with E-state index in [1.165, 1.54) is 13.0 Å². The maximum Gasteiger partial charge on any atom is 0.458 e. The molecule has 0 aromatic heterocycles. The maximum absolute atomic E-state index is 13.6. The van der Waals surface area contributed by atoms with Gasteiger partial charge in [0.05, 0.1) is 17.3 Å². The Labute approximate surface area is 221 Å². The predicted molar refractivity (Wildman–Crippen MR) is 134 cm³/mol. The van der Waals surface area contributed by atoms with Crippen LogP contribution in [0.4, 0.5) is 22.0 Å². The minimum Gasteiger partial charge on any atom is -0.487 e. The molecule has 6 nitrogen and oxygen atoms in total. The van der Waals surface area contributed by atoms with E-state index in [0.29, 0.717) is 22.9 Å². The number of aliphatic carboxylic acids is 1. The van der Waals surface area contributed by atoms with Crippen LogP contribution in [0, 0.1) is 0 Å². The topological polar surface area (TPSA) is 84.9 Å². The van der Waals surface area contributed by atoms with Gasteiger partial charge in [-0.05, 0) is 44.7 Å². The lowest BCUT2D eigenvalue weighted by molar-refractivity contribution is -0.289. The second-order valence-electron chi connectivity index (χ2n) is 9.95. The Balaban J connectivity index is 1.90. The normalized spacial score (nSPS) is 14.1. The van der Waals surface area contributed by atoms with Crippen LogP contribution in [0.25, 0.3) is 10.8 Å². The van der Waals surface area contributed by atoms with Crippen LogP contribution in [-0.2, 0) is 22.1 Å². The number of hydrogen-bond acceptors (Lipinski definition) is 4. The van der Waals surface area contributed by atoms with E-state index in [4.69, 9.17) is 9.47 Å². The van der Waals surface area contributed by atoms with Crippen LogP contribution in [0.15, 0.2) is 60.7 Å². The van der Waals surface area contributed by atoms with Gasteiger partial charge in [-0.2, -0.15) is 22.0 Å². The van der Waals surface area contributed by atoms with Gasteiger partial charge in [0.15, 0.2) is 6.04 Å². The van der Waals surface area contributed by atoms with Gasteiger partial charge in [0.1, 0.15) is 12.4 Å². The molecule has 11 heteroatoms. The van der Waals surface area contributed by atoms with Crippen molar-refractivity contribution in [3.63, 3.8) is 0 Å². The number of amides is 1. The number of carbonyl (C=O) groups excluding carboxylic acids is 1. The molecule has 0 bridgehead atoms. The zero-order chi connectivity index (χ0) is 29.2. The summed E-state index contributed by atoms with van der Waals surface area (Å²) >= 11 is 0. The average Bonchev–Trinajstić information content (AvgIpc) is 2.83. The molecular formula is C28H28F5NO5. The van der Waals surface area contributed by atoms with Crippen molar-refractivity contribution in [2.24, 2.45) is 0 Å². The number of carboxylic acids is 1. The molecule has 39 heavy (non-hydrogen) atoms. The van der Waals surface area contributed by atoms with Gasteiger partial charge in [0, 0.05) is 10.9 Å². The summed E-state index contributed by atoms with van der Waals surface area (Å²) in [5.41, 5.74) is -1.61. The van der Waals surface area contributed by atoms with Gasteiger partial charge in [-0.3, -0.25) is 4.79 Å². The molecular weight excluding hydrogens is 525 g/mol. The van der Waals surface area contributed by atoms with Crippen LogP contribution in [0.1, 0.15) is 49.2 Å². The minimum absolute atomic E-state index is 0.00290. The van der Waals surface area contributed by atoms with Crippen LogP contribution in [0.3, 0.4) is 0 Å². The molecule has 2 N–H and O–H groups in total. The summed E-state index contributed by atoms with van der Waals surface area (Å²) in [5.74, 6) is -6.99. The van der Waals surface area contributed by atoms with Gasteiger partial charge in [0.25, 0.3) is 5.91 Å². The lowest BCUT2D eigenvalue weighted by Gasteiger charge is -2.29. The lowest BCUT2D eigenvalue weighted by atomic mass is 10.0. The van der Waals surface area contributed by atoms with Crippen LogP contribution in [0.5, 0.6) is 5.75 Å². The number of nitrogens with one attached hydrogen (secondary N) is 1. The Morgan fingerprint density at radius 1 is 0.923 bits per heavy atom.